The van der Waals surface area contributed by atoms with E-state index in [0.29, 0.717) is 30.1 Å². The van der Waals surface area contributed by atoms with Gasteiger partial charge in [0.05, 0.1) is 7.11 Å². The molecule has 2 unspecified atom stereocenters. The van der Waals surface area contributed by atoms with Crippen LogP contribution >= 0.6 is 0 Å². The number of nitrogens with one attached hydrogen (secondary N) is 1. The van der Waals surface area contributed by atoms with E-state index in [1.807, 2.05) is 0 Å². The van der Waals surface area contributed by atoms with Gasteiger partial charge in [-0.2, -0.15) is 0 Å². The van der Waals surface area contributed by atoms with E-state index in [2.05, 4.69) is 5.32 Å². The average Bonchev–Trinajstić information content (AvgIpc) is 2.74. The van der Waals surface area contributed by atoms with Crippen LogP contribution in [0.2, 0.25) is 0 Å². The Balaban J connectivity index is 2.09. The zero-order chi connectivity index (χ0) is 15.2. The fourth-order valence-corrected chi connectivity index (χ4v) is 4.86. The monoisotopic (exact) mass is 311 g/mol. The number of sulfonamides is 1. The molecule has 21 heavy (non-hydrogen) atoms. The smallest absolute Gasteiger partial charge is 0.241 e. The van der Waals surface area contributed by atoms with Crippen molar-refractivity contribution in [3.63, 3.8) is 0 Å². The lowest BCUT2D eigenvalue weighted by Gasteiger charge is -2.33. The van der Waals surface area contributed by atoms with Gasteiger partial charge in [-0.25, -0.2) is 12.7 Å². The summed E-state index contributed by atoms with van der Waals surface area (Å²) >= 11 is 0. The van der Waals surface area contributed by atoms with Gasteiger partial charge in [0.25, 0.3) is 0 Å². The third kappa shape index (κ3) is 2.14. The topological polar surface area (TPSA) is 102 Å². The number of benzene rings is 1. The van der Waals surface area contributed by atoms with Crippen molar-refractivity contribution in [2.45, 2.75) is 17.7 Å². The van der Waals surface area contributed by atoms with Crippen LogP contribution in [0, 0.1) is 0 Å². The molecule has 0 radical (unpaired) electrons. The van der Waals surface area contributed by atoms with Gasteiger partial charge in [-0.3, -0.25) is 4.79 Å². The van der Waals surface area contributed by atoms with Crippen LogP contribution in [0.4, 0.5) is 5.69 Å². The van der Waals surface area contributed by atoms with Gasteiger partial charge in [0.15, 0.2) is 0 Å². The summed E-state index contributed by atoms with van der Waals surface area (Å²) < 4.78 is 32.0. The van der Waals surface area contributed by atoms with E-state index in [0.717, 1.165) is 6.42 Å². The first-order chi connectivity index (χ1) is 9.95. The fraction of sp³-hybridized carbons (Fsp3) is 0.462. The number of hydrogen-bond acceptors (Lipinski definition) is 5. The van der Waals surface area contributed by atoms with Crippen molar-refractivity contribution in [2.75, 3.05) is 25.5 Å². The first-order valence-electron chi connectivity index (χ1n) is 6.68. The summed E-state index contributed by atoms with van der Waals surface area (Å²) in [4.78, 5) is 11.7. The van der Waals surface area contributed by atoms with Crippen LogP contribution in [0.1, 0.15) is 17.2 Å². The second-order valence-corrected chi connectivity index (χ2v) is 7.25. The molecule has 0 aliphatic carbocycles. The Hall–Kier alpha value is -1.80. The van der Waals surface area contributed by atoms with Crippen molar-refractivity contribution < 1.29 is 17.9 Å². The molecular weight excluding hydrogens is 294 g/mol. The Morgan fingerprint density at radius 2 is 2.14 bits per heavy atom. The van der Waals surface area contributed by atoms with Crippen LogP contribution in [-0.2, 0) is 14.8 Å². The Kier molecular flexibility index (Phi) is 3.29. The summed E-state index contributed by atoms with van der Waals surface area (Å²) in [6.45, 7) is 0.979. The number of rotatable bonds is 4. The minimum Gasteiger partial charge on any atom is -0.497 e. The number of hydrogen-bond donors (Lipinski definition) is 2. The van der Waals surface area contributed by atoms with Crippen LogP contribution in [0.25, 0.3) is 0 Å². The summed E-state index contributed by atoms with van der Waals surface area (Å²) in [6, 6.07) is 4.10. The maximum absolute atomic E-state index is 12.7. The highest BCUT2D eigenvalue weighted by atomic mass is 32.2. The first-order valence-corrected chi connectivity index (χ1v) is 8.18. The van der Waals surface area contributed by atoms with Gasteiger partial charge >= 0.3 is 0 Å². The van der Waals surface area contributed by atoms with Crippen molar-refractivity contribution in [3.8, 4) is 5.75 Å². The molecule has 0 bridgehead atoms. The highest BCUT2D eigenvalue weighted by Crippen LogP contribution is 2.43. The molecule has 3 N–H and O–H groups in total. The fourth-order valence-electron chi connectivity index (χ4n) is 2.71. The Labute approximate surface area is 123 Å². The quantitative estimate of drug-likeness (QED) is 0.818. The van der Waals surface area contributed by atoms with Gasteiger partial charge in [0, 0.05) is 24.3 Å². The zero-order valence-corrected chi connectivity index (χ0v) is 12.4. The number of amides is 1. The number of carbonyl (C=O) groups excluding carboxylic acids is 1. The van der Waals surface area contributed by atoms with Crippen molar-refractivity contribution in [1.82, 2.24) is 4.31 Å². The number of methoxy groups -OCH3 is 1. The van der Waals surface area contributed by atoms with Crippen LogP contribution in [0.3, 0.4) is 0 Å². The molecule has 1 saturated heterocycles. The summed E-state index contributed by atoms with van der Waals surface area (Å²) in [6.07, 6.45) is 0.839. The van der Waals surface area contributed by atoms with E-state index in [1.54, 1.807) is 18.2 Å². The molecule has 1 fully saturated rings. The molecule has 7 nitrogen and oxygen atoms in total. The molecule has 0 aromatic heterocycles. The third-order valence-electron chi connectivity index (χ3n) is 3.98. The van der Waals surface area contributed by atoms with Crippen LogP contribution < -0.4 is 15.8 Å². The van der Waals surface area contributed by atoms with Crippen molar-refractivity contribution >= 4 is 21.6 Å². The second kappa shape index (κ2) is 4.88. The molecule has 1 aromatic rings. The molecule has 2 heterocycles. The van der Waals surface area contributed by atoms with Gasteiger partial charge in [0.1, 0.15) is 17.0 Å². The van der Waals surface area contributed by atoms with Gasteiger partial charge in [-0.15, -0.1) is 0 Å². The normalized spacial score (nSPS) is 24.8. The zero-order valence-electron chi connectivity index (χ0n) is 11.6. The number of primary amides is 1. The second-order valence-electron chi connectivity index (χ2n) is 5.20. The van der Waals surface area contributed by atoms with Gasteiger partial charge in [0.2, 0.25) is 15.9 Å². The van der Waals surface area contributed by atoms with Crippen molar-refractivity contribution in [2.24, 2.45) is 5.73 Å². The molecule has 2 aliphatic heterocycles. The minimum atomic E-state index is -3.62. The van der Waals surface area contributed by atoms with Crippen molar-refractivity contribution in [3.05, 3.63) is 23.8 Å². The van der Waals surface area contributed by atoms with Gasteiger partial charge in [-0.05, 0) is 24.6 Å². The maximum Gasteiger partial charge on any atom is 0.241 e. The average molecular weight is 311 g/mol. The summed E-state index contributed by atoms with van der Waals surface area (Å²) in [7, 11) is -2.11. The molecular formula is C13H17N3O4S. The first kappa shape index (κ1) is 14.2. The molecule has 0 saturated carbocycles. The number of nitrogens with zero attached hydrogens (tertiary/aromatic N) is 1. The Bertz CT molecular complexity index is 685. The standard InChI is InChI=1S/C13H17N3O4S/c1-20-8-3-4-10-9(7-8)12(11(15-10)13(14)17)21(18,19)16-5-2-6-16/h3-4,7,11-12,15H,2,5-6H2,1H3,(H2,14,17). The number of ether oxygens (including phenoxy) is 1. The molecule has 0 spiro atoms. The van der Waals surface area contributed by atoms with E-state index in [1.165, 1.54) is 11.4 Å². The van der Waals surface area contributed by atoms with E-state index in [-0.39, 0.29) is 0 Å². The lowest BCUT2D eigenvalue weighted by Crippen LogP contribution is -2.49. The predicted octanol–water partition coefficient (Wildman–Crippen LogP) is 0.0512. The molecule has 2 atom stereocenters. The molecule has 3 rings (SSSR count). The van der Waals surface area contributed by atoms with Crippen LogP contribution in [0.5, 0.6) is 5.75 Å². The SMILES string of the molecule is COc1ccc2c(c1)C(S(=O)(=O)N1CCC1)C(C(N)=O)N2. The Morgan fingerprint density at radius 3 is 2.67 bits per heavy atom. The number of fused-ring (bicyclic) bond motifs is 1. The van der Waals surface area contributed by atoms with E-state index in [4.69, 9.17) is 10.5 Å². The molecule has 2 aliphatic rings. The largest absolute Gasteiger partial charge is 0.497 e. The highest BCUT2D eigenvalue weighted by molar-refractivity contribution is 7.89. The molecule has 8 heteroatoms. The lowest BCUT2D eigenvalue weighted by atomic mass is 10.1. The lowest BCUT2D eigenvalue weighted by molar-refractivity contribution is -0.118. The number of anilines is 1. The van der Waals surface area contributed by atoms with E-state index >= 15 is 0 Å². The highest BCUT2D eigenvalue weighted by Gasteiger charge is 2.48. The number of carbonyl (C=O) groups is 1. The van der Waals surface area contributed by atoms with E-state index < -0.39 is 27.2 Å². The predicted molar refractivity (Wildman–Crippen MR) is 77.4 cm³/mol. The molecule has 1 amide bonds. The molecule has 1 aromatic carbocycles. The third-order valence-corrected chi connectivity index (χ3v) is 6.23. The Morgan fingerprint density at radius 1 is 1.43 bits per heavy atom. The summed E-state index contributed by atoms with van der Waals surface area (Å²) in [5, 5.41) is 1.91. The van der Waals surface area contributed by atoms with Gasteiger partial charge in [-0.1, -0.05) is 0 Å². The van der Waals surface area contributed by atoms with Crippen LogP contribution in [0.15, 0.2) is 18.2 Å². The summed E-state index contributed by atoms with van der Waals surface area (Å²) in [5.41, 5.74) is 6.52. The maximum atomic E-state index is 12.7. The number of nitrogens with two attached hydrogens (primary N) is 1. The molecule has 114 valence electrons. The van der Waals surface area contributed by atoms with Crippen LogP contribution in [-0.4, -0.2) is 44.9 Å². The summed E-state index contributed by atoms with van der Waals surface area (Å²) in [5.74, 6) is -0.135. The van der Waals surface area contributed by atoms with Gasteiger partial charge < -0.3 is 15.8 Å². The van der Waals surface area contributed by atoms with E-state index in [9.17, 15) is 13.2 Å². The minimum absolute atomic E-state index is 0.490. The van der Waals surface area contributed by atoms with Crippen molar-refractivity contribution in [1.29, 1.82) is 0 Å².